The fourth-order valence-electron chi connectivity index (χ4n) is 2.61. The highest BCUT2D eigenvalue weighted by molar-refractivity contribution is 7.90. The van der Waals surface area contributed by atoms with Gasteiger partial charge in [0.1, 0.15) is 0 Å². The highest BCUT2D eigenvalue weighted by Gasteiger charge is 2.19. The second-order valence-corrected chi connectivity index (χ2v) is 7.34. The van der Waals surface area contributed by atoms with Crippen molar-refractivity contribution in [3.05, 3.63) is 29.8 Å². The van der Waals surface area contributed by atoms with E-state index in [0.717, 1.165) is 25.9 Å². The number of nitrogens with zero attached hydrogens (tertiary/aromatic N) is 1. The van der Waals surface area contributed by atoms with Gasteiger partial charge in [0.15, 0.2) is 9.84 Å². The van der Waals surface area contributed by atoms with E-state index in [1.807, 2.05) is 4.90 Å². The number of rotatable bonds is 3. The van der Waals surface area contributed by atoms with Crippen molar-refractivity contribution < 1.29 is 13.2 Å². The molecule has 1 saturated heterocycles. The van der Waals surface area contributed by atoms with Crippen LogP contribution in [-0.4, -0.2) is 38.6 Å². The molecule has 20 heavy (non-hydrogen) atoms. The molecule has 0 bridgehead atoms. The number of amides is 1. The normalized spacial score (nSPS) is 16.8. The molecule has 1 aliphatic rings. The largest absolute Gasteiger partial charge is 0.342 e. The van der Waals surface area contributed by atoms with Crippen LogP contribution in [0.4, 0.5) is 0 Å². The van der Waals surface area contributed by atoms with E-state index < -0.39 is 9.84 Å². The highest BCUT2D eigenvalue weighted by atomic mass is 32.2. The van der Waals surface area contributed by atoms with Gasteiger partial charge in [-0.1, -0.05) is 31.0 Å². The lowest BCUT2D eigenvalue weighted by Crippen LogP contribution is -2.33. The molecule has 0 N–H and O–H groups in total. The number of carbonyl (C=O) groups excluding carboxylic acids is 1. The van der Waals surface area contributed by atoms with Crippen LogP contribution >= 0.6 is 0 Å². The Kier molecular flexibility index (Phi) is 4.81. The third-order valence-electron chi connectivity index (χ3n) is 3.67. The van der Waals surface area contributed by atoms with Gasteiger partial charge in [0, 0.05) is 19.3 Å². The third-order valence-corrected chi connectivity index (χ3v) is 4.87. The van der Waals surface area contributed by atoms with Gasteiger partial charge < -0.3 is 4.90 Å². The zero-order valence-electron chi connectivity index (χ0n) is 11.8. The van der Waals surface area contributed by atoms with Crippen molar-refractivity contribution in [3.63, 3.8) is 0 Å². The Bertz CT molecular complexity index is 573. The van der Waals surface area contributed by atoms with Crippen molar-refractivity contribution in [2.75, 3.05) is 19.3 Å². The molecule has 1 aromatic carbocycles. The van der Waals surface area contributed by atoms with Crippen LogP contribution in [0.1, 0.15) is 31.2 Å². The SMILES string of the molecule is CS(=O)(=O)c1ccccc1CC(=O)N1CCCCCC1. The Morgan fingerprint density at radius 2 is 1.70 bits per heavy atom. The van der Waals surface area contributed by atoms with Gasteiger partial charge in [-0.3, -0.25) is 4.79 Å². The van der Waals surface area contributed by atoms with Crippen molar-refractivity contribution >= 4 is 15.7 Å². The molecule has 0 radical (unpaired) electrons. The van der Waals surface area contributed by atoms with Crippen LogP contribution in [0.15, 0.2) is 29.2 Å². The van der Waals surface area contributed by atoms with E-state index in [1.165, 1.54) is 19.1 Å². The van der Waals surface area contributed by atoms with E-state index in [-0.39, 0.29) is 17.2 Å². The first-order chi connectivity index (χ1) is 9.48. The molecule has 0 atom stereocenters. The van der Waals surface area contributed by atoms with Gasteiger partial charge in [0.25, 0.3) is 0 Å². The average molecular weight is 295 g/mol. The van der Waals surface area contributed by atoms with Gasteiger partial charge in [-0.25, -0.2) is 8.42 Å². The zero-order valence-corrected chi connectivity index (χ0v) is 12.7. The summed E-state index contributed by atoms with van der Waals surface area (Å²) in [5, 5.41) is 0. The van der Waals surface area contributed by atoms with Gasteiger partial charge in [-0.05, 0) is 24.5 Å². The lowest BCUT2D eigenvalue weighted by molar-refractivity contribution is -0.130. The fourth-order valence-corrected chi connectivity index (χ4v) is 3.55. The van der Waals surface area contributed by atoms with Crippen LogP contribution < -0.4 is 0 Å². The molecular weight excluding hydrogens is 274 g/mol. The number of carbonyl (C=O) groups is 1. The van der Waals surface area contributed by atoms with Crippen LogP contribution in [0, 0.1) is 0 Å². The fraction of sp³-hybridized carbons (Fsp3) is 0.533. The summed E-state index contributed by atoms with van der Waals surface area (Å²) in [7, 11) is -3.29. The van der Waals surface area contributed by atoms with Crippen LogP contribution in [0.5, 0.6) is 0 Å². The first-order valence-corrected chi connectivity index (χ1v) is 8.93. The van der Waals surface area contributed by atoms with Crippen LogP contribution in [0.2, 0.25) is 0 Å². The Labute approximate surface area is 120 Å². The summed E-state index contributed by atoms with van der Waals surface area (Å²) in [5.41, 5.74) is 0.601. The van der Waals surface area contributed by atoms with Gasteiger partial charge in [0.05, 0.1) is 11.3 Å². The molecule has 0 spiro atoms. The topological polar surface area (TPSA) is 54.5 Å². The van der Waals surface area contributed by atoms with Gasteiger partial charge in [-0.2, -0.15) is 0 Å². The van der Waals surface area contributed by atoms with Gasteiger partial charge >= 0.3 is 0 Å². The predicted octanol–water partition coefficient (Wildman–Crippen LogP) is 2.04. The lowest BCUT2D eigenvalue weighted by atomic mass is 10.1. The van der Waals surface area contributed by atoms with Crippen LogP contribution in [0.25, 0.3) is 0 Å². The molecule has 1 aromatic rings. The highest BCUT2D eigenvalue weighted by Crippen LogP contribution is 2.18. The average Bonchev–Trinajstić information content (AvgIpc) is 2.67. The first kappa shape index (κ1) is 15.0. The van der Waals surface area contributed by atoms with Crippen molar-refractivity contribution in [2.24, 2.45) is 0 Å². The molecular formula is C15H21NO3S. The molecule has 0 aliphatic carbocycles. The maximum Gasteiger partial charge on any atom is 0.227 e. The van der Waals surface area contributed by atoms with E-state index >= 15 is 0 Å². The van der Waals surface area contributed by atoms with E-state index in [0.29, 0.717) is 5.56 Å². The Morgan fingerprint density at radius 3 is 2.30 bits per heavy atom. The molecule has 1 fully saturated rings. The molecule has 4 nitrogen and oxygen atoms in total. The zero-order chi connectivity index (χ0) is 14.6. The van der Waals surface area contributed by atoms with Crippen molar-refractivity contribution in [2.45, 2.75) is 37.0 Å². The summed E-state index contributed by atoms with van der Waals surface area (Å²) in [4.78, 5) is 14.5. The summed E-state index contributed by atoms with van der Waals surface area (Å²) in [6.07, 6.45) is 5.78. The second kappa shape index (κ2) is 6.39. The second-order valence-electron chi connectivity index (χ2n) is 5.35. The number of hydrogen-bond acceptors (Lipinski definition) is 3. The van der Waals surface area contributed by atoms with E-state index in [2.05, 4.69) is 0 Å². The minimum absolute atomic E-state index is 0.0306. The Balaban J connectivity index is 2.15. The van der Waals surface area contributed by atoms with E-state index in [1.54, 1.807) is 24.3 Å². The molecule has 0 aromatic heterocycles. The standard InChI is InChI=1S/C15H21NO3S/c1-20(18,19)14-9-5-4-8-13(14)12-15(17)16-10-6-2-3-7-11-16/h4-5,8-9H,2-3,6-7,10-12H2,1H3. The predicted molar refractivity (Wildman–Crippen MR) is 78.3 cm³/mol. The van der Waals surface area contributed by atoms with Gasteiger partial charge in [0.2, 0.25) is 5.91 Å². The van der Waals surface area contributed by atoms with Crippen molar-refractivity contribution in [3.8, 4) is 0 Å². The number of likely N-dealkylation sites (tertiary alicyclic amines) is 1. The summed E-state index contributed by atoms with van der Waals surface area (Å²) >= 11 is 0. The third kappa shape index (κ3) is 3.82. The molecule has 0 saturated carbocycles. The monoisotopic (exact) mass is 295 g/mol. The maximum atomic E-state index is 12.3. The molecule has 5 heteroatoms. The molecule has 2 rings (SSSR count). The first-order valence-electron chi connectivity index (χ1n) is 7.04. The van der Waals surface area contributed by atoms with Crippen molar-refractivity contribution in [1.82, 2.24) is 4.90 Å². The Morgan fingerprint density at radius 1 is 1.10 bits per heavy atom. The van der Waals surface area contributed by atoms with E-state index in [4.69, 9.17) is 0 Å². The minimum atomic E-state index is -3.29. The summed E-state index contributed by atoms with van der Waals surface area (Å²) in [6, 6.07) is 6.77. The van der Waals surface area contributed by atoms with Gasteiger partial charge in [-0.15, -0.1) is 0 Å². The summed E-state index contributed by atoms with van der Waals surface area (Å²) < 4.78 is 23.5. The number of benzene rings is 1. The summed E-state index contributed by atoms with van der Waals surface area (Å²) in [6.45, 7) is 1.58. The van der Waals surface area contributed by atoms with Crippen LogP contribution in [-0.2, 0) is 21.1 Å². The smallest absolute Gasteiger partial charge is 0.227 e. The number of hydrogen-bond donors (Lipinski definition) is 0. The molecule has 110 valence electrons. The van der Waals surface area contributed by atoms with Crippen LogP contribution in [0.3, 0.4) is 0 Å². The molecule has 1 amide bonds. The molecule has 1 heterocycles. The lowest BCUT2D eigenvalue weighted by Gasteiger charge is -2.20. The molecule has 0 unspecified atom stereocenters. The minimum Gasteiger partial charge on any atom is -0.342 e. The molecule has 1 aliphatic heterocycles. The maximum absolute atomic E-state index is 12.3. The summed E-state index contributed by atoms with van der Waals surface area (Å²) in [5.74, 6) is 0.0306. The quantitative estimate of drug-likeness (QED) is 0.857. The Hall–Kier alpha value is -1.36. The van der Waals surface area contributed by atoms with E-state index in [9.17, 15) is 13.2 Å². The number of sulfone groups is 1. The van der Waals surface area contributed by atoms with Crippen molar-refractivity contribution in [1.29, 1.82) is 0 Å².